The van der Waals surface area contributed by atoms with Crippen LogP contribution in [0.25, 0.3) is 134 Å². The number of carbonyl (C=O) groups is 8. The first-order chi connectivity index (χ1) is 64.6. The summed E-state index contributed by atoms with van der Waals surface area (Å²) in [6.07, 6.45) is 6.64. The third kappa shape index (κ3) is 20.4. The van der Waals surface area contributed by atoms with Crippen LogP contribution in [0.1, 0.15) is 80.0 Å². The van der Waals surface area contributed by atoms with E-state index in [1.165, 1.54) is 4.90 Å². The molecule has 33 heteroatoms. The van der Waals surface area contributed by atoms with E-state index < -0.39 is 18.0 Å². The molecule has 2 aliphatic heterocycles. The molecule has 1 unspecified atom stereocenters. The van der Waals surface area contributed by atoms with E-state index in [2.05, 4.69) is 91.4 Å². The molecule has 672 valence electrons. The Kier molecular flexibility index (Phi) is 25.8. The number of nitrogens with two attached hydrogens (primary N) is 1. The quantitative estimate of drug-likeness (QED) is 0.0167. The third-order valence-corrected chi connectivity index (χ3v) is 24.0. The number of aromatic nitrogens is 14. The highest BCUT2D eigenvalue weighted by molar-refractivity contribution is 6.06. The SMILES string of the molecule is CN(C)CCNC(=O)c1ccc(-c2nc3ccc(-c4ccc5nc(-c6ccc(C(=O)Nc7cccc(-c8cn(CCCNCC(=O)N9CCCC9C(=O)N9CCC[C@H]9C(=O)N(CCCn9cc(-c%10cccc(NC(=O)c%11ccc(-c%12nc%13ccc(-c%14ccc%15nc(-c%16ccc(C(=O)NCCN(C)C)cc%16)[nH]c%15c%14)cc%13[nH]%12)cc%11)c%10)nn9)CC(N)=O)nn8)c7)cc6)[nH]c5c4)cc3[nH]2)cc1. The van der Waals surface area contributed by atoms with Crippen LogP contribution in [-0.2, 0) is 32.3 Å². The van der Waals surface area contributed by atoms with Crippen molar-refractivity contribution in [2.45, 2.75) is 63.7 Å². The number of aromatic amines is 4. The number of rotatable bonds is 34. The number of imidazole rings is 4. The second kappa shape index (κ2) is 39.1. The average Bonchev–Trinajstić information content (AvgIpc) is 1.65. The first-order valence-electron chi connectivity index (χ1n) is 44.5. The smallest absolute Gasteiger partial charge is 0.255 e. The summed E-state index contributed by atoms with van der Waals surface area (Å²) in [6, 6.07) is 66.7. The molecule has 16 aromatic rings. The summed E-state index contributed by atoms with van der Waals surface area (Å²) < 4.78 is 3.37. The Morgan fingerprint density at radius 1 is 0.406 bits per heavy atom. The molecule has 6 aromatic heterocycles. The van der Waals surface area contributed by atoms with Crippen molar-refractivity contribution >= 4 is 103 Å². The van der Waals surface area contributed by atoms with Gasteiger partial charge in [0.25, 0.3) is 23.6 Å². The fourth-order valence-electron chi connectivity index (χ4n) is 17.0. The van der Waals surface area contributed by atoms with Crippen LogP contribution in [0.15, 0.2) is 231 Å². The minimum absolute atomic E-state index is 0.00600. The lowest BCUT2D eigenvalue weighted by atomic mass is 10.0. The number of likely N-dealkylation sites (N-methyl/N-ethyl adjacent to an activating group) is 2. The van der Waals surface area contributed by atoms with Gasteiger partial charge in [0, 0.05) is 126 Å². The summed E-state index contributed by atoms with van der Waals surface area (Å²) in [5, 5.41) is 32.7. The van der Waals surface area contributed by atoms with Gasteiger partial charge in [0.05, 0.1) is 69.6 Å². The summed E-state index contributed by atoms with van der Waals surface area (Å²) in [4.78, 5) is 150. The Hall–Kier alpha value is -16.0. The number of hydrogen-bond donors (Lipinski definition) is 10. The minimum atomic E-state index is -0.833. The highest BCUT2D eigenvalue weighted by atomic mass is 16.2. The van der Waals surface area contributed by atoms with Crippen LogP contribution in [0.5, 0.6) is 0 Å². The van der Waals surface area contributed by atoms with Gasteiger partial charge in [-0.05, 0) is 217 Å². The first-order valence-corrected chi connectivity index (χ1v) is 44.5. The molecule has 2 fully saturated rings. The lowest BCUT2D eigenvalue weighted by Gasteiger charge is -2.33. The number of H-pyrrole nitrogens is 4. The molecule has 2 saturated heterocycles. The Morgan fingerprint density at radius 3 is 1.18 bits per heavy atom. The van der Waals surface area contributed by atoms with Crippen molar-refractivity contribution in [3.8, 4) is 90.3 Å². The molecule has 0 saturated carbocycles. The molecule has 18 rings (SSSR count). The molecule has 11 N–H and O–H groups in total. The van der Waals surface area contributed by atoms with Crippen molar-refractivity contribution < 1.29 is 38.4 Å². The zero-order valence-corrected chi connectivity index (χ0v) is 73.9. The highest BCUT2D eigenvalue weighted by Crippen LogP contribution is 2.35. The van der Waals surface area contributed by atoms with Gasteiger partial charge in [-0.1, -0.05) is 107 Å². The zero-order valence-electron chi connectivity index (χ0n) is 73.9. The molecular weight excluding hydrogens is 1680 g/mol. The number of nitrogens with zero attached hydrogens (tertiary/aromatic N) is 15. The van der Waals surface area contributed by atoms with Crippen LogP contribution >= 0.6 is 0 Å². The standard InChI is InChI=1S/C100H99N25O8/c1-119(2)49-42-103-95(128)65-25-17-61(18-26-65)91-107-77-37-33-69(53-81(77)111-91)71-35-39-79-83(55-71)113-93(109-79)63-21-29-67(30-22-63)97(130)105-75-13-5-11-73(51-75)85-58-122(117-115-85)45-9-41-102-57-90(127)124-47-7-16-88(124)100(133)125-48-8-15-87(125)99(132)121(60-89(101)126)44-10-46-123-59-86(116-118-123)74-12-6-14-76(52-74)106-98(131)68-31-23-64(24-32-68)94-110-80-40-36-72(56-84(80)114-94)70-34-38-78-82(54-70)112-92(108-78)62-19-27-66(28-20-62)96(129)104-43-50-120(3)4/h5-6,11-14,17-40,51-56,58-59,87-88,102H,7-10,15-16,41-50,57,60H2,1-4H3,(H2,101,126)(H,103,128)(H,104,129)(H,105,130)(H,106,131)(H,107,111)(H,108,112)(H,109,113)(H,110,114)/t87-,88?/m0/s1. The van der Waals surface area contributed by atoms with Crippen molar-refractivity contribution in [1.29, 1.82) is 0 Å². The average molecular weight is 1780 g/mol. The predicted molar refractivity (Wildman–Crippen MR) is 510 cm³/mol. The predicted octanol–water partition coefficient (Wildman–Crippen LogP) is 12.2. The summed E-state index contributed by atoms with van der Waals surface area (Å²) >= 11 is 0. The summed E-state index contributed by atoms with van der Waals surface area (Å²) in [6.45, 7) is 4.48. The molecule has 10 aromatic carbocycles. The summed E-state index contributed by atoms with van der Waals surface area (Å²) in [5.41, 5.74) is 25.6. The number of nitrogens with one attached hydrogen (secondary N) is 9. The molecule has 33 nitrogen and oxygen atoms in total. The van der Waals surface area contributed by atoms with Crippen molar-refractivity contribution in [1.82, 2.24) is 110 Å². The topological polar surface area (TPSA) is 415 Å². The van der Waals surface area contributed by atoms with E-state index in [1.807, 2.05) is 196 Å². The van der Waals surface area contributed by atoms with Gasteiger partial charge in [-0.15, -0.1) is 10.2 Å². The van der Waals surface area contributed by atoms with E-state index in [4.69, 9.17) is 25.7 Å². The van der Waals surface area contributed by atoms with Gasteiger partial charge in [-0.2, -0.15) is 0 Å². The largest absolute Gasteiger partial charge is 0.368 e. The normalized spacial score (nSPS) is 13.8. The Bertz CT molecular complexity index is 7030. The second-order valence-corrected chi connectivity index (χ2v) is 34.0. The Labute approximate surface area is 764 Å². The molecule has 0 radical (unpaired) electrons. The molecule has 133 heavy (non-hydrogen) atoms. The minimum Gasteiger partial charge on any atom is -0.368 e. The van der Waals surface area contributed by atoms with Crippen LogP contribution in [0.2, 0.25) is 0 Å². The fraction of sp³-hybridized carbons (Fsp3) is 0.240. The number of hydrogen-bond acceptors (Lipinski definition) is 19. The number of likely N-dealkylation sites (tertiary alicyclic amines) is 2. The number of aryl methyl sites for hydroxylation is 2. The Balaban J connectivity index is 0.418. The van der Waals surface area contributed by atoms with Crippen LogP contribution in [-0.4, -0.2) is 247 Å². The van der Waals surface area contributed by atoms with Crippen molar-refractivity contribution in [2.24, 2.45) is 5.73 Å². The molecule has 2 aliphatic rings. The maximum atomic E-state index is 14.5. The maximum absolute atomic E-state index is 14.5. The van der Waals surface area contributed by atoms with Crippen LogP contribution in [0.3, 0.4) is 0 Å². The van der Waals surface area contributed by atoms with Gasteiger partial charge in [0.2, 0.25) is 23.6 Å². The molecule has 2 atom stereocenters. The Morgan fingerprint density at radius 2 is 0.782 bits per heavy atom. The van der Waals surface area contributed by atoms with Crippen molar-refractivity contribution in [2.75, 3.05) is 104 Å². The molecule has 0 spiro atoms. The van der Waals surface area contributed by atoms with Crippen molar-refractivity contribution in [3.63, 3.8) is 0 Å². The second-order valence-electron chi connectivity index (χ2n) is 34.0. The van der Waals surface area contributed by atoms with Crippen LogP contribution in [0.4, 0.5) is 11.4 Å². The lowest BCUT2D eigenvalue weighted by Crippen LogP contribution is -2.55. The van der Waals surface area contributed by atoms with E-state index in [0.717, 1.165) is 107 Å². The molecule has 0 aliphatic carbocycles. The van der Waals surface area contributed by atoms with Gasteiger partial charge in [0.1, 0.15) is 46.8 Å². The van der Waals surface area contributed by atoms with E-state index in [0.29, 0.717) is 158 Å². The third-order valence-electron chi connectivity index (χ3n) is 24.0. The monoisotopic (exact) mass is 1780 g/mol. The number of primary amides is 1. The van der Waals surface area contributed by atoms with Gasteiger partial charge in [-0.25, -0.2) is 19.9 Å². The van der Waals surface area contributed by atoms with Gasteiger partial charge in [0.15, 0.2) is 0 Å². The van der Waals surface area contributed by atoms with Crippen LogP contribution < -0.4 is 32.3 Å². The lowest BCUT2D eigenvalue weighted by molar-refractivity contribution is -0.149. The van der Waals surface area contributed by atoms with E-state index >= 15 is 0 Å². The first kappa shape index (κ1) is 87.7. The number of benzene rings is 10. The number of amides is 8. The van der Waals surface area contributed by atoms with Crippen molar-refractivity contribution in [3.05, 3.63) is 253 Å². The zero-order chi connectivity index (χ0) is 91.8. The molecule has 8 amide bonds. The number of carbonyl (C=O) groups excluding carboxylic acids is 8. The molecular formula is C100H99N25O8. The van der Waals surface area contributed by atoms with E-state index in [-0.39, 0.29) is 61.0 Å². The number of fused-ring (bicyclic) bond motifs is 4. The van der Waals surface area contributed by atoms with E-state index in [9.17, 15) is 38.4 Å². The van der Waals surface area contributed by atoms with Gasteiger partial charge in [-0.3, -0.25) is 47.7 Å². The summed E-state index contributed by atoms with van der Waals surface area (Å²) in [7, 11) is 7.86. The molecule has 8 heterocycles. The van der Waals surface area contributed by atoms with Gasteiger partial charge >= 0.3 is 0 Å². The van der Waals surface area contributed by atoms with Gasteiger partial charge < -0.3 is 76.8 Å². The fourth-order valence-corrected chi connectivity index (χ4v) is 17.0. The van der Waals surface area contributed by atoms with E-state index in [1.54, 1.807) is 67.8 Å². The molecule has 0 bridgehead atoms. The van der Waals surface area contributed by atoms with Crippen LogP contribution in [0, 0.1) is 0 Å². The summed E-state index contributed by atoms with van der Waals surface area (Å²) in [5.74, 6) is 0.294. The maximum Gasteiger partial charge on any atom is 0.255 e. The number of anilines is 2. The highest BCUT2D eigenvalue weighted by Gasteiger charge is 2.43.